The van der Waals surface area contributed by atoms with Crippen molar-refractivity contribution in [2.24, 2.45) is 0 Å². The van der Waals surface area contributed by atoms with E-state index in [0.29, 0.717) is 25.1 Å². The van der Waals surface area contributed by atoms with E-state index < -0.39 is 5.60 Å². The molecule has 1 aliphatic rings. The lowest BCUT2D eigenvalue weighted by Gasteiger charge is -2.30. The number of ether oxygens (including phenoxy) is 1. The number of hydrogen-bond donors (Lipinski definition) is 2. The molecule has 0 unspecified atom stereocenters. The monoisotopic (exact) mass is 429 g/mol. The number of pyridine rings is 1. The quantitative estimate of drug-likeness (QED) is 0.572. The highest BCUT2D eigenvalue weighted by atomic mass is 16.6. The van der Waals surface area contributed by atoms with Crippen LogP contribution in [-0.4, -0.2) is 39.7 Å². The van der Waals surface area contributed by atoms with Crippen LogP contribution < -0.4 is 5.32 Å². The maximum Gasteiger partial charge on any atom is 0.410 e. The van der Waals surface area contributed by atoms with Crippen molar-refractivity contribution < 1.29 is 9.53 Å². The van der Waals surface area contributed by atoms with Crippen molar-refractivity contribution in [1.82, 2.24) is 14.9 Å². The van der Waals surface area contributed by atoms with Crippen LogP contribution >= 0.6 is 0 Å². The zero-order valence-corrected chi connectivity index (χ0v) is 18.8. The second kappa shape index (κ2) is 8.39. The van der Waals surface area contributed by atoms with E-state index in [2.05, 4.69) is 28.3 Å². The Morgan fingerprint density at radius 2 is 2.09 bits per heavy atom. The van der Waals surface area contributed by atoms with Crippen molar-refractivity contribution in [1.29, 1.82) is 5.26 Å². The maximum atomic E-state index is 12.4. The number of H-pyrrole nitrogens is 1. The third-order valence-corrected chi connectivity index (χ3v) is 5.54. The van der Waals surface area contributed by atoms with E-state index in [9.17, 15) is 10.1 Å². The standard InChI is InChI=1S/C25H27N5O2/c1-16-19-7-10-28-22(19)6-5-21(16)29-23-18(13-26)14-27-15-20(23)17-8-11-30(12-9-17)24(31)32-25(2,3)4/h5-8,10,14-15,28H,9,11-12H2,1-4H3,(H,27,29). The zero-order chi connectivity index (χ0) is 22.9. The molecular formula is C25H27N5O2. The van der Waals surface area contributed by atoms with Crippen LogP contribution in [-0.2, 0) is 4.74 Å². The summed E-state index contributed by atoms with van der Waals surface area (Å²) >= 11 is 0. The first kappa shape index (κ1) is 21.4. The van der Waals surface area contributed by atoms with Crippen LogP contribution in [0.15, 0.2) is 42.9 Å². The third kappa shape index (κ3) is 4.30. The molecule has 0 saturated heterocycles. The molecule has 2 N–H and O–H groups in total. The first-order chi connectivity index (χ1) is 15.3. The highest BCUT2D eigenvalue weighted by Crippen LogP contribution is 2.35. The summed E-state index contributed by atoms with van der Waals surface area (Å²) in [7, 11) is 0. The van der Waals surface area contributed by atoms with Crippen molar-refractivity contribution in [3.8, 4) is 6.07 Å². The summed E-state index contributed by atoms with van der Waals surface area (Å²) in [6.07, 6.45) is 7.63. The summed E-state index contributed by atoms with van der Waals surface area (Å²) in [5, 5.41) is 14.3. The maximum absolute atomic E-state index is 12.4. The summed E-state index contributed by atoms with van der Waals surface area (Å²) < 4.78 is 5.49. The Morgan fingerprint density at radius 3 is 2.78 bits per heavy atom. The van der Waals surface area contributed by atoms with Gasteiger partial charge in [-0.2, -0.15) is 5.26 Å². The summed E-state index contributed by atoms with van der Waals surface area (Å²) in [5.74, 6) is 0. The van der Waals surface area contributed by atoms with Gasteiger partial charge in [0.1, 0.15) is 11.7 Å². The number of carbonyl (C=O) groups is 1. The fourth-order valence-corrected chi connectivity index (χ4v) is 3.88. The molecule has 1 amide bonds. The number of aromatic amines is 1. The molecule has 0 bridgehead atoms. The Bertz CT molecular complexity index is 1240. The Morgan fingerprint density at radius 1 is 1.28 bits per heavy atom. The number of nitrogens with one attached hydrogen (secondary N) is 2. The summed E-state index contributed by atoms with van der Waals surface area (Å²) in [6, 6.07) is 8.34. The first-order valence-corrected chi connectivity index (χ1v) is 10.7. The van der Waals surface area contributed by atoms with Gasteiger partial charge in [-0.05, 0) is 63.5 Å². The van der Waals surface area contributed by atoms with Crippen LogP contribution in [0.2, 0.25) is 0 Å². The van der Waals surface area contributed by atoms with Gasteiger partial charge in [0.15, 0.2) is 0 Å². The predicted molar refractivity (Wildman–Crippen MR) is 126 cm³/mol. The van der Waals surface area contributed by atoms with Crippen molar-refractivity contribution in [3.05, 3.63) is 59.6 Å². The lowest BCUT2D eigenvalue weighted by Crippen LogP contribution is -2.39. The SMILES string of the molecule is Cc1c(Nc2c(C#N)cncc2C2=CCN(C(=O)OC(C)(C)C)CC2)ccc2[nH]ccc12. The molecule has 2 aromatic heterocycles. The Labute approximate surface area is 187 Å². The highest BCUT2D eigenvalue weighted by Gasteiger charge is 2.25. The Hall–Kier alpha value is -3.79. The van der Waals surface area contributed by atoms with E-state index >= 15 is 0 Å². The van der Waals surface area contributed by atoms with E-state index in [0.717, 1.165) is 39.0 Å². The van der Waals surface area contributed by atoms with Gasteiger partial charge in [-0.25, -0.2) is 4.79 Å². The average molecular weight is 430 g/mol. The molecular weight excluding hydrogens is 402 g/mol. The first-order valence-electron chi connectivity index (χ1n) is 10.7. The number of nitriles is 1. The number of fused-ring (bicyclic) bond motifs is 1. The van der Waals surface area contributed by atoms with Crippen molar-refractivity contribution >= 4 is 33.9 Å². The fraction of sp³-hybridized carbons (Fsp3) is 0.320. The molecule has 0 atom stereocenters. The molecule has 32 heavy (non-hydrogen) atoms. The van der Waals surface area contributed by atoms with Crippen molar-refractivity contribution in [3.63, 3.8) is 0 Å². The van der Waals surface area contributed by atoms with Crippen LogP contribution in [0.4, 0.5) is 16.2 Å². The number of carbonyl (C=O) groups excluding carboxylic acids is 1. The minimum Gasteiger partial charge on any atom is -0.444 e. The molecule has 7 nitrogen and oxygen atoms in total. The summed E-state index contributed by atoms with van der Waals surface area (Å²) in [6.45, 7) is 8.64. The fourth-order valence-electron chi connectivity index (χ4n) is 3.88. The average Bonchev–Trinajstić information content (AvgIpc) is 3.24. The molecule has 1 aliphatic heterocycles. The molecule has 0 fully saturated rings. The highest BCUT2D eigenvalue weighted by molar-refractivity contribution is 5.91. The number of rotatable bonds is 3. The molecule has 1 aromatic carbocycles. The molecule has 0 spiro atoms. The number of anilines is 2. The largest absolute Gasteiger partial charge is 0.444 e. The molecule has 0 saturated carbocycles. The van der Waals surface area contributed by atoms with E-state index in [1.807, 2.05) is 51.2 Å². The molecule has 7 heteroatoms. The van der Waals surface area contributed by atoms with E-state index in [1.54, 1.807) is 17.3 Å². The van der Waals surface area contributed by atoms with Gasteiger partial charge in [-0.15, -0.1) is 0 Å². The summed E-state index contributed by atoms with van der Waals surface area (Å²) in [4.78, 5) is 21.6. The van der Waals surface area contributed by atoms with Gasteiger partial charge in [-0.1, -0.05) is 6.08 Å². The lowest BCUT2D eigenvalue weighted by molar-refractivity contribution is 0.0270. The number of aryl methyl sites for hydroxylation is 1. The Kier molecular flexibility index (Phi) is 5.62. The second-order valence-electron chi connectivity index (χ2n) is 8.93. The van der Waals surface area contributed by atoms with Gasteiger partial charge in [-0.3, -0.25) is 4.98 Å². The lowest BCUT2D eigenvalue weighted by atomic mass is 9.97. The topological polar surface area (TPSA) is 94.0 Å². The molecule has 3 heterocycles. The number of aromatic nitrogens is 2. The minimum atomic E-state index is -0.526. The number of hydrogen-bond acceptors (Lipinski definition) is 5. The van der Waals surface area contributed by atoms with Crippen molar-refractivity contribution in [2.75, 3.05) is 18.4 Å². The minimum absolute atomic E-state index is 0.314. The van der Waals surface area contributed by atoms with Crippen molar-refractivity contribution in [2.45, 2.75) is 39.7 Å². The van der Waals surface area contributed by atoms with E-state index in [4.69, 9.17) is 4.74 Å². The van der Waals surface area contributed by atoms with Crippen LogP contribution in [0.25, 0.3) is 16.5 Å². The van der Waals surface area contributed by atoms with Gasteiger partial charge in [0.05, 0.1) is 11.3 Å². The number of benzene rings is 1. The number of amides is 1. The number of nitrogens with zero attached hydrogens (tertiary/aromatic N) is 3. The van der Waals surface area contributed by atoms with Gasteiger partial charge in [0.25, 0.3) is 0 Å². The molecule has 0 aliphatic carbocycles. The van der Waals surface area contributed by atoms with Crippen LogP contribution in [0.1, 0.15) is 43.9 Å². The van der Waals surface area contributed by atoms with Gasteiger partial charge < -0.3 is 19.9 Å². The molecule has 0 radical (unpaired) electrons. The smallest absolute Gasteiger partial charge is 0.410 e. The molecule has 4 rings (SSSR count). The van der Waals surface area contributed by atoms with Crippen LogP contribution in [0, 0.1) is 18.3 Å². The van der Waals surface area contributed by atoms with Crippen LogP contribution in [0.3, 0.4) is 0 Å². The second-order valence-corrected chi connectivity index (χ2v) is 8.93. The third-order valence-electron chi connectivity index (χ3n) is 5.54. The molecule has 164 valence electrons. The Balaban J connectivity index is 1.64. The van der Waals surface area contributed by atoms with Crippen LogP contribution in [0.5, 0.6) is 0 Å². The zero-order valence-electron chi connectivity index (χ0n) is 18.8. The van der Waals surface area contributed by atoms with Gasteiger partial charge in [0, 0.05) is 53.8 Å². The van der Waals surface area contributed by atoms with E-state index in [1.165, 1.54) is 0 Å². The predicted octanol–water partition coefficient (Wildman–Crippen LogP) is 5.51. The molecule has 3 aromatic rings. The normalized spacial score (nSPS) is 14.1. The van der Waals surface area contributed by atoms with E-state index in [-0.39, 0.29) is 6.09 Å². The summed E-state index contributed by atoms with van der Waals surface area (Å²) in [5.41, 5.74) is 5.72. The van der Waals surface area contributed by atoms with Gasteiger partial charge >= 0.3 is 6.09 Å². The van der Waals surface area contributed by atoms with Gasteiger partial charge in [0.2, 0.25) is 0 Å².